The summed E-state index contributed by atoms with van der Waals surface area (Å²) in [5.74, 6) is -2.76. The van der Waals surface area contributed by atoms with Gasteiger partial charge < -0.3 is 10.2 Å². The summed E-state index contributed by atoms with van der Waals surface area (Å²) < 4.78 is 40.4. The van der Waals surface area contributed by atoms with E-state index in [1.165, 1.54) is 6.07 Å². The lowest BCUT2D eigenvalue weighted by Crippen LogP contribution is -2.24. The number of aliphatic imine (C=N–C) groups is 1. The van der Waals surface area contributed by atoms with Gasteiger partial charge in [0.15, 0.2) is 17.2 Å². The van der Waals surface area contributed by atoms with E-state index in [1.54, 1.807) is 0 Å². The van der Waals surface area contributed by atoms with Crippen LogP contribution in [0.5, 0.6) is 11.5 Å². The summed E-state index contributed by atoms with van der Waals surface area (Å²) in [6.07, 6.45) is -3.41. The molecule has 3 rings (SSSR count). The van der Waals surface area contributed by atoms with Crippen LogP contribution in [0.25, 0.3) is 17.0 Å². The highest BCUT2D eigenvalue weighted by Gasteiger charge is 2.41. The number of nitro benzene ring substituents is 1. The number of phenolic OH excluding ortho intramolecular Hbond substituents is 2. The van der Waals surface area contributed by atoms with Gasteiger partial charge >= 0.3 is 11.9 Å². The van der Waals surface area contributed by atoms with Crippen molar-refractivity contribution in [3.63, 3.8) is 0 Å². The number of alkyl halides is 3. The van der Waals surface area contributed by atoms with Crippen LogP contribution in [0, 0.1) is 10.1 Å². The highest BCUT2D eigenvalue weighted by Crippen LogP contribution is 2.41. The van der Waals surface area contributed by atoms with Crippen LogP contribution in [0.2, 0.25) is 0 Å². The summed E-state index contributed by atoms with van der Waals surface area (Å²) in [7, 11) is 0. The molecule has 1 aromatic heterocycles. The van der Waals surface area contributed by atoms with Gasteiger partial charge in [0.05, 0.1) is 16.8 Å². The Hall–Kier alpha value is -3.70. The highest BCUT2D eigenvalue weighted by atomic mass is 19.4. The number of phenols is 2. The lowest BCUT2D eigenvalue weighted by atomic mass is 10.1. The number of carbonyl (C=O) groups excluding carboxylic acids is 1. The summed E-state index contributed by atoms with van der Waals surface area (Å²) in [6.45, 7) is 0. The number of rotatable bonds is 3. The van der Waals surface area contributed by atoms with Crippen molar-refractivity contribution in [2.45, 2.75) is 12.6 Å². The van der Waals surface area contributed by atoms with Crippen LogP contribution >= 0.6 is 0 Å². The Kier molecular flexibility index (Phi) is 4.18. The molecule has 2 heterocycles. The van der Waals surface area contributed by atoms with Crippen molar-refractivity contribution in [1.82, 2.24) is 9.78 Å². The molecule has 1 aliphatic rings. The Morgan fingerprint density at radius 2 is 1.96 bits per heavy atom. The topological polar surface area (TPSA) is 131 Å². The molecule has 0 radical (unpaired) electrons. The van der Waals surface area contributed by atoms with Crippen LogP contribution in [0.1, 0.15) is 6.42 Å². The quantitative estimate of drug-likeness (QED) is 0.477. The van der Waals surface area contributed by atoms with Crippen molar-refractivity contribution in [3.8, 4) is 22.8 Å². The molecule has 140 valence electrons. The van der Waals surface area contributed by atoms with E-state index in [2.05, 4.69) is 10.1 Å². The maximum absolute atomic E-state index is 13.3. The van der Waals surface area contributed by atoms with E-state index >= 15 is 0 Å². The van der Waals surface area contributed by atoms with Gasteiger partial charge in [-0.2, -0.15) is 18.3 Å². The van der Waals surface area contributed by atoms with Gasteiger partial charge in [-0.3, -0.25) is 19.9 Å². The summed E-state index contributed by atoms with van der Waals surface area (Å²) in [5.41, 5.74) is -3.45. The second-order valence-electron chi connectivity index (χ2n) is 5.38. The van der Waals surface area contributed by atoms with Crippen LogP contribution in [0.15, 0.2) is 35.1 Å². The molecule has 0 saturated heterocycles. The van der Waals surface area contributed by atoms with Gasteiger partial charge in [-0.05, 0) is 12.1 Å². The second-order valence-corrected chi connectivity index (χ2v) is 5.38. The highest BCUT2D eigenvalue weighted by molar-refractivity contribution is 6.22. The summed E-state index contributed by atoms with van der Waals surface area (Å²) in [5, 5.41) is 34.0. The number of carbonyl (C=O) groups is 1. The molecule has 0 fully saturated rings. The lowest BCUT2D eigenvalue weighted by Gasteiger charge is -2.18. The van der Waals surface area contributed by atoms with Crippen molar-refractivity contribution >= 4 is 23.4 Å². The normalized spacial score (nSPS) is 14.7. The Morgan fingerprint density at radius 1 is 1.26 bits per heavy atom. The predicted octanol–water partition coefficient (Wildman–Crippen LogP) is 2.64. The maximum Gasteiger partial charge on any atom is 0.435 e. The standard InChI is InChI=1S/C15H9F3N4O5/c16-15(17,18)14-12(10(23)2-3-19-14)21-8(1-4-20-21)7-5-9(22(26)27)13(25)11(24)6-7/h1,3-6,24-25H,2H2. The average Bonchev–Trinajstić information content (AvgIpc) is 3.05. The van der Waals surface area contributed by atoms with E-state index in [0.717, 1.165) is 24.5 Å². The second kappa shape index (κ2) is 6.23. The predicted molar refractivity (Wildman–Crippen MR) is 85.0 cm³/mol. The van der Waals surface area contributed by atoms with Gasteiger partial charge in [0.2, 0.25) is 5.75 Å². The number of hydrogen-bond donors (Lipinski definition) is 2. The average molecular weight is 382 g/mol. The van der Waals surface area contributed by atoms with E-state index in [9.17, 15) is 38.3 Å². The minimum absolute atomic E-state index is 0.133. The van der Waals surface area contributed by atoms with Crippen molar-refractivity contribution in [2.24, 2.45) is 4.99 Å². The van der Waals surface area contributed by atoms with Gasteiger partial charge in [-0.25, -0.2) is 4.68 Å². The molecular formula is C15H9F3N4O5. The molecule has 0 amide bonds. The molecule has 0 spiro atoms. The Morgan fingerprint density at radius 3 is 2.59 bits per heavy atom. The summed E-state index contributed by atoms with van der Waals surface area (Å²) >= 11 is 0. The third-order valence-electron chi connectivity index (χ3n) is 3.67. The summed E-state index contributed by atoms with van der Waals surface area (Å²) in [4.78, 5) is 25.4. The van der Waals surface area contributed by atoms with Crippen LogP contribution in [0.3, 0.4) is 0 Å². The number of aromatic hydroxyl groups is 2. The van der Waals surface area contributed by atoms with Crippen LogP contribution in [-0.2, 0) is 4.79 Å². The van der Waals surface area contributed by atoms with Crippen molar-refractivity contribution < 1.29 is 33.1 Å². The first-order chi connectivity index (χ1) is 12.6. The lowest BCUT2D eigenvalue weighted by molar-refractivity contribution is -0.385. The molecule has 0 atom stereocenters. The smallest absolute Gasteiger partial charge is 0.435 e. The van der Waals surface area contributed by atoms with E-state index in [-0.39, 0.29) is 17.7 Å². The molecule has 0 saturated carbocycles. The van der Waals surface area contributed by atoms with Crippen LogP contribution in [-0.4, -0.2) is 43.1 Å². The first-order valence-corrected chi connectivity index (χ1v) is 7.23. The Labute approximate surface area is 147 Å². The zero-order chi connectivity index (χ0) is 19.9. The SMILES string of the molecule is O=C1CC=NC(C(F)(F)F)=C1n1nccc1-c1cc(O)c(O)c([N+](=O)[O-])c1. The molecule has 12 heteroatoms. The molecule has 27 heavy (non-hydrogen) atoms. The van der Waals surface area contributed by atoms with Gasteiger partial charge in [-0.1, -0.05) is 0 Å². The fraction of sp³-hybridized carbons (Fsp3) is 0.133. The van der Waals surface area contributed by atoms with Gasteiger partial charge in [-0.15, -0.1) is 0 Å². The number of Topliss-reactive ketones (excluding diaryl/α,β-unsaturated/α-hetero) is 1. The monoisotopic (exact) mass is 382 g/mol. The minimum atomic E-state index is -4.94. The van der Waals surface area contributed by atoms with Gasteiger partial charge in [0, 0.05) is 24.3 Å². The molecular weight excluding hydrogens is 373 g/mol. The maximum atomic E-state index is 13.3. The first kappa shape index (κ1) is 18.1. The number of nitro groups is 1. The van der Waals surface area contributed by atoms with E-state index in [4.69, 9.17) is 0 Å². The third kappa shape index (κ3) is 3.12. The number of hydrogen-bond acceptors (Lipinski definition) is 7. The van der Waals surface area contributed by atoms with E-state index in [0.29, 0.717) is 4.68 Å². The number of nitrogens with zero attached hydrogens (tertiary/aromatic N) is 4. The molecule has 1 aliphatic heterocycles. The molecule has 0 aliphatic carbocycles. The number of halogens is 3. The van der Waals surface area contributed by atoms with Crippen molar-refractivity contribution in [1.29, 1.82) is 0 Å². The molecule has 9 nitrogen and oxygen atoms in total. The molecule has 0 bridgehead atoms. The van der Waals surface area contributed by atoms with Gasteiger partial charge in [0.25, 0.3) is 0 Å². The van der Waals surface area contributed by atoms with Crippen molar-refractivity contribution in [2.75, 3.05) is 0 Å². The zero-order valence-corrected chi connectivity index (χ0v) is 13.1. The van der Waals surface area contributed by atoms with Gasteiger partial charge in [0.1, 0.15) is 5.70 Å². The van der Waals surface area contributed by atoms with Crippen LogP contribution in [0.4, 0.5) is 18.9 Å². The van der Waals surface area contributed by atoms with E-state index < -0.39 is 45.5 Å². The summed E-state index contributed by atoms with van der Waals surface area (Å²) in [6, 6.07) is 2.94. The number of ketones is 1. The Bertz CT molecular complexity index is 1020. The molecule has 2 aromatic rings. The molecule has 2 N–H and O–H groups in total. The number of benzene rings is 1. The molecule has 1 aromatic carbocycles. The largest absolute Gasteiger partial charge is 0.504 e. The number of allylic oxidation sites excluding steroid dienone is 2. The molecule has 0 unspecified atom stereocenters. The fourth-order valence-corrected chi connectivity index (χ4v) is 2.53. The first-order valence-electron chi connectivity index (χ1n) is 7.23. The number of aromatic nitrogens is 2. The minimum Gasteiger partial charge on any atom is -0.504 e. The Balaban J connectivity index is 2.26. The van der Waals surface area contributed by atoms with Crippen LogP contribution < -0.4 is 0 Å². The zero-order valence-electron chi connectivity index (χ0n) is 13.1. The third-order valence-corrected chi connectivity index (χ3v) is 3.67. The van der Waals surface area contributed by atoms with Crippen molar-refractivity contribution in [3.05, 3.63) is 40.2 Å². The van der Waals surface area contributed by atoms with E-state index in [1.807, 2.05) is 0 Å². The fourth-order valence-electron chi connectivity index (χ4n) is 2.53.